The minimum Gasteiger partial charge on any atom is -0.322 e. The monoisotopic (exact) mass is 397 g/mol. The fourth-order valence-corrected chi connectivity index (χ4v) is 3.56. The first kappa shape index (κ1) is 19.8. The summed E-state index contributed by atoms with van der Waals surface area (Å²) in [6, 6.07) is 7.96. The van der Waals surface area contributed by atoms with E-state index in [1.54, 1.807) is 19.1 Å². The van der Waals surface area contributed by atoms with E-state index in [2.05, 4.69) is 5.32 Å². The maximum Gasteiger partial charge on any atom is 0.270 e. The molecule has 0 spiro atoms. The van der Waals surface area contributed by atoms with Gasteiger partial charge in [0.1, 0.15) is 0 Å². The predicted octanol–water partition coefficient (Wildman–Crippen LogP) is 3.06. The first-order valence-corrected chi connectivity index (χ1v) is 9.14. The molecule has 0 bridgehead atoms. The second-order valence-corrected chi connectivity index (χ2v) is 8.17. The number of benzene rings is 2. The molecule has 8 nitrogen and oxygen atoms in total. The molecule has 138 valence electrons. The Balaban J connectivity index is 2.35. The Kier molecular flexibility index (Phi) is 5.65. The van der Waals surface area contributed by atoms with Crippen molar-refractivity contribution in [2.24, 2.45) is 0 Å². The van der Waals surface area contributed by atoms with E-state index in [1.165, 1.54) is 26.2 Å². The number of anilines is 1. The third-order valence-corrected chi connectivity index (χ3v) is 5.88. The lowest BCUT2D eigenvalue weighted by molar-refractivity contribution is -0.384. The fraction of sp³-hybridized carbons (Fsp3) is 0.188. The number of aryl methyl sites for hydroxylation is 1. The number of hydrogen-bond donors (Lipinski definition) is 1. The number of rotatable bonds is 5. The van der Waals surface area contributed by atoms with Gasteiger partial charge in [-0.25, -0.2) is 12.7 Å². The molecular formula is C16H16ClN3O5S. The van der Waals surface area contributed by atoms with Crippen LogP contribution in [0.4, 0.5) is 11.4 Å². The number of nitro benzene ring substituents is 1. The number of nitro groups is 1. The molecule has 26 heavy (non-hydrogen) atoms. The van der Waals surface area contributed by atoms with Crippen molar-refractivity contribution in [3.05, 3.63) is 62.7 Å². The second-order valence-electron chi connectivity index (χ2n) is 5.64. The molecule has 2 aromatic carbocycles. The number of halogens is 1. The standard InChI is InChI=1S/C16H16ClN3O5S/c1-10-4-5-11(8-15(10)26(24,25)19(2)3)18-16(21)13-7-6-12(20(22)23)9-14(13)17/h4-9H,1-3H3,(H,18,21). The number of carbonyl (C=O) groups is 1. The molecule has 0 fully saturated rings. The highest BCUT2D eigenvalue weighted by Gasteiger charge is 2.21. The molecule has 1 amide bonds. The number of sulfonamides is 1. The molecule has 0 radical (unpaired) electrons. The van der Waals surface area contributed by atoms with Gasteiger partial charge in [-0.15, -0.1) is 0 Å². The van der Waals surface area contributed by atoms with Crippen molar-refractivity contribution in [1.29, 1.82) is 0 Å². The minimum absolute atomic E-state index is 0.0369. The number of non-ortho nitro benzene ring substituents is 1. The van der Waals surface area contributed by atoms with Crippen LogP contribution in [0, 0.1) is 17.0 Å². The van der Waals surface area contributed by atoms with Crippen molar-refractivity contribution in [2.45, 2.75) is 11.8 Å². The predicted molar refractivity (Wildman–Crippen MR) is 98.1 cm³/mol. The lowest BCUT2D eigenvalue weighted by Gasteiger charge is -2.15. The van der Waals surface area contributed by atoms with Crippen LogP contribution in [-0.2, 0) is 10.0 Å². The topological polar surface area (TPSA) is 110 Å². The Morgan fingerprint density at radius 1 is 1.19 bits per heavy atom. The van der Waals surface area contributed by atoms with Crippen LogP contribution < -0.4 is 5.32 Å². The van der Waals surface area contributed by atoms with E-state index in [0.717, 1.165) is 16.4 Å². The van der Waals surface area contributed by atoms with Crippen LogP contribution in [0.3, 0.4) is 0 Å². The molecule has 0 heterocycles. The SMILES string of the molecule is Cc1ccc(NC(=O)c2ccc([N+](=O)[O-])cc2Cl)cc1S(=O)(=O)N(C)C. The Bertz CT molecular complexity index is 989. The zero-order valence-electron chi connectivity index (χ0n) is 14.2. The minimum atomic E-state index is -3.67. The largest absolute Gasteiger partial charge is 0.322 e. The van der Waals surface area contributed by atoms with E-state index in [9.17, 15) is 23.3 Å². The van der Waals surface area contributed by atoms with Gasteiger partial charge < -0.3 is 5.32 Å². The van der Waals surface area contributed by atoms with Crippen LogP contribution in [0.2, 0.25) is 5.02 Å². The summed E-state index contributed by atoms with van der Waals surface area (Å²) < 4.78 is 25.8. The van der Waals surface area contributed by atoms with E-state index in [-0.39, 0.29) is 26.9 Å². The molecule has 0 unspecified atom stereocenters. The molecular weight excluding hydrogens is 382 g/mol. The highest BCUT2D eigenvalue weighted by Crippen LogP contribution is 2.25. The summed E-state index contributed by atoms with van der Waals surface area (Å²) in [5, 5.41) is 13.2. The molecule has 0 aliphatic rings. The molecule has 0 atom stereocenters. The highest BCUT2D eigenvalue weighted by atomic mass is 35.5. The van der Waals surface area contributed by atoms with E-state index in [0.29, 0.717) is 5.56 Å². The van der Waals surface area contributed by atoms with E-state index < -0.39 is 20.9 Å². The van der Waals surface area contributed by atoms with Crippen LogP contribution in [-0.4, -0.2) is 37.6 Å². The van der Waals surface area contributed by atoms with Gasteiger partial charge in [-0.05, 0) is 30.7 Å². The molecule has 0 saturated heterocycles. The quantitative estimate of drug-likeness (QED) is 0.615. The van der Waals surface area contributed by atoms with Crippen LogP contribution >= 0.6 is 11.6 Å². The summed E-state index contributed by atoms with van der Waals surface area (Å²) in [4.78, 5) is 22.5. The Hall–Kier alpha value is -2.49. The lowest BCUT2D eigenvalue weighted by atomic mass is 10.1. The number of carbonyl (C=O) groups excluding carboxylic acids is 1. The van der Waals surface area contributed by atoms with Gasteiger partial charge in [-0.3, -0.25) is 14.9 Å². The summed E-state index contributed by atoms with van der Waals surface area (Å²) in [5.41, 5.74) is 0.594. The van der Waals surface area contributed by atoms with Crippen molar-refractivity contribution >= 4 is 38.9 Å². The summed E-state index contributed by atoms with van der Waals surface area (Å²) in [6.07, 6.45) is 0. The van der Waals surface area contributed by atoms with Crippen LogP contribution in [0.25, 0.3) is 0 Å². The summed E-state index contributed by atoms with van der Waals surface area (Å²) in [6.45, 7) is 1.65. The number of hydrogen-bond acceptors (Lipinski definition) is 5. The molecule has 0 aromatic heterocycles. The van der Waals surface area contributed by atoms with Crippen molar-refractivity contribution in [3.8, 4) is 0 Å². The van der Waals surface area contributed by atoms with Crippen molar-refractivity contribution in [2.75, 3.05) is 19.4 Å². The third-order valence-electron chi connectivity index (χ3n) is 3.61. The first-order chi connectivity index (χ1) is 12.0. The van der Waals surface area contributed by atoms with Crippen LogP contribution in [0.15, 0.2) is 41.3 Å². The van der Waals surface area contributed by atoms with Crippen LogP contribution in [0.5, 0.6) is 0 Å². The fourth-order valence-electron chi connectivity index (χ4n) is 2.15. The molecule has 0 aliphatic carbocycles. The van der Waals surface area contributed by atoms with Crippen LogP contribution in [0.1, 0.15) is 15.9 Å². The van der Waals surface area contributed by atoms with Crippen molar-refractivity contribution < 1.29 is 18.1 Å². The average Bonchev–Trinajstić information content (AvgIpc) is 2.55. The first-order valence-electron chi connectivity index (χ1n) is 7.32. The number of nitrogens with one attached hydrogen (secondary N) is 1. The Morgan fingerprint density at radius 2 is 1.85 bits per heavy atom. The lowest BCUT2D eigenvalue weighted by Crippen LogP contribution is -2.23. The normalized spacial score (nSPS) is 11.4. The molecule has 0 saturated carbocycles. The Labute approximate surface area is 155 Å². The Morgan fingerprint density at radius 3 is 2.38 bits per heavy atom. The van der Waals surface area contributed by atoms with Crippen molar-refractivity contribution in [1.82, 2.24) is 4.31 Å². The number of amides is 1. The molecule has 10 heteroatoms. The number of nitrogens with zero attached hydrogens (tertiary/aromatic N) is 2. The van der Waals surface area contributed by atoms with E-state index in [1.807, 2.05) is 0 Å². The molecule has 2 aromatic rings. The maximum absolute atomic E-state index is 12.4. The second kappa shape index (κ2) is 7.40. The van der Waals surface area contributed by atoms with Gasteiger partial charge in [0.25, 0.3) is 11.6 Å². The third kappa shape index (κ3) is 4.01. The summed E-state index contributed by atoms with van der Waals surface area (Å²) in [5.74, 6) is -0.609. The van der Waals surface area contributed by atoms with E-state index in [4.69, 9.17) is 11.6 Å². The molecule has 2 rings (SSSR count). The zero-order valence-corrected chi connectivity index (χ0v) is 15.8. The van der Waals surface area contributed by atoms with Gasteiger partial charge >= 0.3 is 0 Å². The maximum atomic E-state index is 12.4. The van der Waals surface area contributed by atoms with E-state index >= 15 is 0 Å². The summed E-state index contributed by atoms with van der Waals surface area (Å²) in [7, 11) is -0.846. The smallest absolute Gasteiger partial charge is 0.270 e. The van der Waals surface area contributed by atoms with Gasteiger partial charge in [0.05, 0.1) is 20.4 Å². The van der Waals surface area contributed by atoms with Gasteiger partial charge in [0.15, 0.2) is 0 Å². The highest BCUT2D eigenvalue weighted by molar-refractivity contribution is 7.89. The zero-order chi connectivity index (χ0) is 19.6. The van der Waals surface area contributed by atoms with Gasteiger partial charge in [-0.1, -0.05) is 17.7 Å². The van der Waals surface area contributed by atoms with Gasteiger partial charge in [0, 0.05) is 31.9 Å². The summed E-state index contributed by atoms with van der Waals surface area (Å²) >= 11 is 5.94. The van der Waals surface area contributed by atoms with Crippen molar-refractivity contribution in [3.63, 3.8) is 0 Å². The average molecular weight is 398 g/mol. The molecule has 1 N–H and O–H groups in total. The van der Waals surface area contributed by atoms with Gasteiger partial charge in [0.2, 0.25) is 10.0 Å². The molecule has 0 aliphatic heterocycles. The van der Waals surface area contributed by atoms with Gasteiger partial charge in [-0.2, -0.15) is 0 Å².